The summed E-state index contributed by atoms with van der Waals surface area (Å²) < 4.78 is 0. The highest BCUT2D eigenvalue weighted by molar-refractivity contribution is 6.35. The van der Waals surface area contributed by atoms with Gasteiger partial charge in [0.25, 0.3) is 11.8 Å². The van der Waals surface area contributed by atoms with E-state index in [1.807, 2.05) is 56.3 Å². The highest BCUT2D eigenvalue weighted by atomic mass is 16.2. The molecule has 0 saturated carbocycles. The molecule has 0 fully saturated rings. The molecule has 1 aliphatic heterocycles. The number of nitrogens with zero attached hydrogens (tertiary/aromatic N) is 1. The molecule has 4 rings (SSSR count). The first-order valence-electron chi connectivity index (χ1n) is 12.4. The fourth-order valence-corrected chi connectivity index (χ4v) is 4.68. The lowest BCUT2D eigenvalue weighted by atomic mass is 9.98. The predicted molar refractivity (Wildman–Crippen MR) is 143 cm³/mol. The van der Waals surface area contributed by atoms with Gasteiger partial charge in [0.1, 0.15) is 0 Å². The average Bonchev–Trinajstić information content (AvgIpc) is 3.33. The van der Waals surface area contributed by atoms with Crippen LogP contribution in [0.5, 0.6) is 0 Å². The third kappa shape index (κ3) is 5.23. The lowest BCUT2D eigenvalue weighted by Gasteiger charge is -2.17. The van der Waals surface area contributed by atoms with Crippen molar-refractivity contribution in [3.8, 4) is 11.1 Å². The van der Waals surface area contributed by atoms with Crippen molar-refractivity contribution in [2.45, 2.75) is 34.1 Å². The molecule has 2 heterocycles. The van der Waals surface area contributed by atoms with Gasteiger partial charge >= 0.3 is 0 Å². The van der Waals surface area contributed by atoms with E-state index in [1.165, 1.54) is 0 Å². The summed E-state index contributed by atoms with van der Waals surface area (Å²) in [5.74, 6) is -0.220. The maximum Gasteiger partial charge on any atom is 0.256 e. The Morgan fingerprint density at radius 3 is 2.49 bits per heavy atom. The summed E-state index contributed by atoms with van der Waals surface area (Å²) in [6, 6.07) is 16.1. The van der Waals surface area contributed by atoms with Crippen LogP contribution >= 0.6 is 0 Å². The van der Waals surface area contributed by atoms with Crippen molar-refractivity contribution in [3.05, 3.63) is 76.6 Å². The molecule has 1 aliphatic rings. The zero-order chi connectivity index (χ0) is 24.9. The molecule has 0 saturated heterocycles. The van der Waals surface area contributed by atoms with E-state index in [0.29, 0.717) is 17.7 Å². The van der Waals surface area contributed by atoms with Crippen molar-refractivity contribution >= 4 is 29.2 Å². The monoisotopic (exact) mass is 470 g/mol. The van der Waals surface area contributed by atoms with Crippen LogP contribution in [0.3, 0.4) is 0 Å². The fourth-order valence-electron chi connectivity index (χ4n) is 4.68. The van der Waals surface area contributed by atoms with Crippen molar-refractivity contribution in [3.63, 3.8) is 0 Å². The molecule has 0 radical (unpaired) electrons. The molecule has 3 aromatic rings. The highest BCUT2D eigenvalue weighted by Gasteiger charge is 2.26. The maximum atomic E-state index is 12.9. The van der Waals surface area contributed by atoms with E-state index in [4.69, 9.17) is 0 Å². The van der Waals surface area contributed by atoms with Gasteiger partial charge in [-0.25, -0.2) is 0 Å². The Bertz CT molecular complexity index is 1250. The van der Waals surface area contributed by atoms with Gasteiger partial charge in [-0.3, -0.25) is 9.59 Å². The molecule has 182 valence electrons. The van der Waals surface area contributed by atoms with E-state index in [9.17, 15) is 9.59 Å². The van der Waals surface area contributed by atoms with E-state index in [-0.39, 0.29) is 11.8 Å². The van der Waals surface area contributed by atoms with Crippen LogP contribution in [0.25, 0.3) is 22.8 Å². The Morgan fingerprint density at radius 1 is 1.03 bits per heavy atom. The normalized spacial score (nSPS) is 13.9. The van der Waals surface area contributed by atoms with Crippen molar-refractivity contribution in [2.75, 3.05) is 31.5 Å². The zero-order valence-corrected chi connectivity index (χ0v) is 21.0. The van der Waals surface area contributed by atoms with Crippen LogP contribution in [0.4, 0.5) is 5.69 Å². The number of H-pyrrole nitrogens is 1. The third-order valence-corrected chi connectivity index (χ3v) is 6.73. The SMILES string of the molecule is CCN(CC)CCCNC(=O)c1c(C)[nH]c(/C=C2\C(=O)Nc3ccc(-c4ccccc4)cc32)c1C. The molecule has 0 unspecified atom stereocenters. The summed E-state index contributed by atoms with van der Waals surface area (Å²) in [5.41, 5.74) is 7.47. The molecule has 6 heteroatoms. The summed E-state index contributed by atoms with van der Waals surface area (Å²) in [6.45, 7) is 11.8. The second-order valence-corrected chi connectivity index (χ2v) is 8.94. The summed E-state index contributed by atoms with van der Waals surface area (Å²) in [6.07, 6.45) is 2.77. The molecule has 2 aromatic carbocycles. The van der Waals surface area contributed by atoms with Gasteiger partial charge in [0.05, 0.1) is 11.1 Å². The molecule has 1 aromatic heterocycles. The number of rotatable bonds is 9. The average molecular weight is 471 g/mol. The maximum absolute atomic E-state index is 12.9. The van der Waals surface area contributed by atoms with E-state index in [2.05, 4.69) is 46.5 Å². The minimum absolute atomic E-state index is 0.0805. The number of carbonyl (C=O) groups is 2. The molecule has 0 aliphatic carbocycles. The molecule has 2 amide bonds. The van der Waals surface area contributed by atoms with Crippen molar-refractivity contribution in [1.29, 1.82) is 0 Å². The number of amides is 2. The van der Waals surface area contributed by atoms with Crippen LogP contribution in [-0.4, -0.2) is 47.9 Å². The van der Waals surface area contributed by atoms with Gasteiger partial charge in [-0.2, -0.15) is 0 Å². The molecule has 0 atom stereocenters. The molecule has 3 N–H and O–H groups in total. The van der Waals surface area contributed by atoms with Gasteiger partial charge in [-0.1, -0.05) is 50.2 Å². The largest absolute Gasteiger partial charge is 0.358 e. The Balaban J connectivity index is 1.56. The summed E-state index contributed by atoms with van der Waals surface area (Å²) in [5, 5.41) is 6.01. The first-order valence-corrected chi connectivity index (χ1v) is 12.4. The molecule has 0 spiro atoms. The van der Waals surface area contributed by atoms with Gasteiger partial charge in [0.15, 0.2) is 0 Å². The van der Waals surface area contributed by atoms with E-state index < -0.39 is 0 Å². The Morgan fingerprint density at radius 2 is 1.77 bits per heavy atom. The van der Waals surface area contributed by atoms with E-state index in [1.54, 1.807) is 0 Å². The van der Waals surface area contributed by atoms with Crippen molar-refractivity contribution < 1.29 is 9.59 Å². The van der Waals surface area contributed by atoms with Crippen LogP contribution in [-0.2, 0) is 4.79 Å². The number of nitrogens with one attached hydrogen (secondary N) is 3. The molecular weight excluding hydrogens is 436 g/mol. The number of benzene rings is 2. The van der Waals surface area contributed by atoms with Gasteiger partial charge in [-0.15, -0.1) is 0 Å². The Kier molecular flexibility index (Phi) is 7.51. The lowest BCUT2D eigenvalue weighted by Crippen LogP contribution is -2.30. The molecule has 6 nitrogen and oxygen atoms in total. The first-order chi connectivity index (χ1) is 16.9. The number of hydrogen-bond acceptors (Lipinski definition) is 3. The number of aryl methyl sites for hydroxylation is 1. The number of carbonyl (C=O) groups excluding carboxylic acids is 2. The molecule has 0 bridgehead atoms. The number of anilines is 1. The van der Waals surface area contributed by atoms with Gasteiger partial charge < -0.3 is 20.5 Å². The number of aromatic amines is 1. The Labute approximate surface area is 207 Å². The molecule has 35 heavy (non-hydrogen) atoms. The number of aromatic nitrogens is 1. The standard InChI is InChI=1S/C29H34N4O2/c1-5-33(6-2)16-10-15-30-29(35)27-19(3)26(31-20(27)4)18-24-23-17-22(21-11-8-7-9-12-21)13-14-25(23)32-28(24)34/h7-9,11-14,17-18,31H,5-6,10,15-16H2,1-4H3,(H,30,35)(H,32,34)/b24-18-. The topological polar surface area (TPSA) is 77.2 Å². The highest BCUT2D eigenvalue weighted by Crippen LogP contribution is 2.36. The first kappa shape index (κ1) is 24.5. The number of hydrogen-bond donors (Lipinski definition) is 3. The van der Waals surface area contributed by atoms with Crippen LogP contribution in [0.1, 0.15) is 53.1 Å². The predicted octanol–water partition coefficient (Wildman–Crippen LogP) is 5.25. The summed E-state index contributed by atoms with van der Waals surface area (Å²) >= 11 is 0. The van der Waals surface area contributed by atoms with E-state index in [0.717, 1.165) is 65.4 Å². The Hall–Kier alpha value is -3.64. The quantitative estimate of drug-likeness (QED) is 0.295. The second kappa shape index (κ2) is 10.7. The lowest BCUT2D eigenvalue weighted by molar-refractivity contribution is -0.110. The third-order valence-electron chi connectivity index (χ3n) is 6.73. The minimum Gasteiger partial charge on any atom is -0.358 e. The van der Waals surface area contributed by atoms with Crippen LogP contribution < -0.4 is 10.6 Å². The van der Waals surface area contributed by atoms with Crippen molar-refractivity contribution in [2.24, 2.45) is 0 Å². The summed E-state index contributed by atoms with van der Waals surface area (Å²) in [7, 11) is 0. The van der Waals surface area contributed by atoms with Gasteiger partial charge in [-0.05, 0) is 74.8 Å². The zero-order valence-electron chi connectivity index (χ0n) is 21.0. The van der Waals surface area contributed by atoms with Gasteiger partial charge in [0.2, 0.25) is 0 Å². The summed E-state index contributed by atoms with van der Waals surface area (Å²) in [4.78, 5) is 31.4. The van der Waals surface area contributed by atoms with E-state index >= 15 is 0 Å². The second-order valence-electron chi connectivity index (χ2n) is 8.94. The van der Waals surface area contributed by atoms with Gasteiger partial charge in [0, 0.05) is 29.2 Å². The fraction of sp³-hybridized carbons (Fsp3) is 0.310. The minimum atomic E-state index is -0.140. The number of fused-ring (bicyclic) bond motifs is 1. The van der Waals surface area contributed by atoms with Crippen LogP contribution in [0.15, 0.2) is 48.5 Å². The van der Waals surface area contributed by atoms with Crippen molar-refractivity contribution in [1.82, 2.24) is 15.2 Å². The van der Waals surface area contributed by atoms with Crippen LogP contribution in [0, 0.1) is 13.8 Å². The molecular formula is C29H34N4O2. The van der Waals surface area contributed by atoms with Crippen LogP contribution in [0.2, 0.25) is 0 Å². The smallest absolute Gasteiger partial charge is 0.256 e.